The van der Waals surface area contributed by atoms with Crippen molar-refractivity contribution >= 4 is 17.9 Å². The smallest absolute Gasteiger partial charge is 0.475 e. The molecule has 2 aliphatic rings. The predicted molar refractivity (Wildman–Crippen MR) is 122 cm³/mol. The molecule has 3 heterocycles. The molecule has 0 atom stereocenters. The maximum Gasteiger partial charge on any atom is 0.490 e. The van der Waals surface area contributed by atoms with Gasteiger partial charge in [-0.05, 0) is 55.8 Å². The Morgan fingerprint density at radius 2 is 1.41 bits per heavy atom. The number of carboxylic acid groups (broad SMARTS) is 2. The van der Waals surface area contributed by atoms with E-state index in [-0.39, 0.29) is 5.82 Å². The van der Waals surface area contributed by atoms with Crippen LogP contribution in [0.25, 0.3) is 0 Å². The molecule has 16 heteroatoms. The van der Waals surface area contributed by atoms with Crippen LogP contribution in [0.2, 0.25) is 0 Å². The minimum atomic E-state index is -5.08. The minimum Gasteiger partial charge on any atom is -0.475 e. The number of aliphatic carboxylic acids is 2. The normalized spacial score (nSPS) is 16.9. The average Bonchev–Trinajstić information content (AvgIpc) is 2.83. The van der Waals surface area contributed by atoms with Gasteiger partial charge in [0.15, 0.2) is 5.82 Å². The van der Waals surface area contributed by atoms with E-state index in [0.717, 1.165) is 19.6 Å². The average molecular weight is 569 g/mol. The van der Waals surface area contributed by atoms with Crippen molar-refractivity contribution in [1.82, 2.24) is 19.9 Å². The number of anilines is 1. The lowest BCUT2D eigenvalue weighted by molar-refractivity contribution is -0.193. The van der Waals surface area contributed by atoms with Gasteiger partial charge in [0, 0.05) is 38.1 Å². The first-order valence-electron chi connectivity index (χ1n) is 11.4. The topological polar surface area (TPSA) is 120 Å². The van der Waals surface area contributed by atoms with E-state index in [2.05, 4.69) is 43.9 Å². The van der Waals surface area contributed by atoms with Crippen LogP contribution >= 0.6 is 0 Å². The number of alkyl halides is 6. The number of halogens is 7. The molecule has 0 amide bonds. The Kier molecular flexibility index (Phi) is 10.5. The van der Waals surface area contributed by atoms with Gasteiger partial charge in [0.05, 0.1) is 12.4 Å². The van der Waals surface area contributed by atoms with E-state index in [1.165, 1.54) is 43.6 Å². The van der Waals surface area contributed by atoms with Crippen LogP contribution < -0.4 is 4.90 Å². The summed E-state index contributed by atoms with van der Waals surface area (Å²) in [5, 5.41) is 14.2. The number of hydrogen-bond donors (Lipinski definition) is 2. The summed E-state index contributed by atoms with van der Waals surface area (Å²) in [6.45, 7) is 2.91. The highest BCUT2D eigenvalue weighted by molar-refractivity contribution is 5.73. The first-order valence-corrected chi connectivity index (χ1v) is 11.4. The fraction of sp³-hybridized carbons (Fsp3) is 0.522. The molecule has 9 nitrogen and oxygen atoms in total. The van der Waals surface area contributed by atoms with Crippen molar-refractivity contribution < 1.29 is 50.5 Å². The summed E-state index contributed by atoms with van der Waals surface area (Å²) in [6.07, 6.45) is 0.942. The van der Waals surface area contributed by atoms with Gasteiger partial charge in [-0.2, -0.15) is 26.3 Å². The number of rotatable bonds is 4. The van der Waals surface area contributed by atoms with Crippen LogP contribution in [0.4, 0.5) is 36.7 Å². The first kappa shape index (κ1) is 31.7. The number of piperidine rings is 1. The lowest BCUT2D eigenvalue weighted by Crippen LogP contribution is -2.54. The van der Waals surface area contributed by atoms with Gasteiger partial charge in [-0.25, -0.2) is 23.9 Å². The van der Waals surface area contributed by atoms with Crippen LogP contribution in [-0.2, 0) is 16.1 Å². The number of pyridine rings is 1. The van der Waals surface area contributed by atoms with E-state index in [1.54, 1.807) is 0 Å². The van der Waals surface area contributed by atoms with Gasteiger partial charge in [-0.3, -0.25) is 9.88 Å². The largest absolute Gasteiger partial charge is 0.490 e. The zero-order valence-electron chi connectivity index (χ0n) is 20.6. The van der Waals surface area contributed by atoms with Crippen molar-refractivity contribution in [3.05, 3.63) is 48.3 Å². The van der Waals surface area contributed by atoms with E-state index in [1.807, 2.05) is 12.4 Å². The molecule has 216 valence electrons. The number of carbonyl (C=O) groups is 2. The Morgan fingerprint density at radius 3 is 1.82 bits per heavy atom. The highest BCUT2D eigenvalue weighted by Gasteiger charge is 2.47. The third-order valence-corrected chi connectivity index (χ3v) is 6.34. The maximum absolute atomic E-state index is 13.0. The van der Waals surface area contributed by atoms with E-state index in [9.17, 15) is 30.7 Å². The van der Waals surface area contributed by atoms with Crippen LogP contribution in [0.15, 0.2) is 36.9 Å². The van der Waals surface area contributed by atoms with Crippen LogP contribution in [0, 0.1) is 11.2 Å². The zero-order valence-corrected chi connectivity index (χ0v) is 20.6. The number of aromatic nitrogens is 3. The first-order chi connectivity index (χ1) is 18.0. The summed E-state index contributed by atoms with van der Waals surface area (Å²) < 4.78 is 76.4. The summed E-state index contributed by atoms with van der Waals surface area (Å²) >= 11 is 0. The summed E-state index contributed by atoms with van der Waals surface area (Å²) in [6, 6.07) is 4.85. The molecule has 2 N–H and O–H groups in total. The number of hydrogen-bond acceptors (Lipinski definition) is 7. The van der Waals surface area contributed by atoms with E-state index in [0.29, 0.717) is 17.4 Å². The summed E-state index contributed by atoms with van der Waals surface area (Å²) in [5.74, 6) is -5.24. The molecule has 1 aliphatic heterocycles. The molecule has 0 unspecified atom stereocenters. The molecule has 4 rings (SSSR count). The summed E-state index contributed by atoms with van der Waals surface area (Å²) in [7, 11) is 2.22. The predicted octanol–water partition coefficient (Wildman–Crippen LogP) is 4.16. The lowest BCUT2D eigenvalue weighted by atomic mass is 9.60. The molecule has 1 spiro atoms. The van der Waals surface area contributed by atoms with Gasteiger partial charge in [-0.15, -0.1) is 0 Å². The molecule has 1 saturated carbocycles. The van der Waals surface area contributed by atoms with Gasteiger partial charge in [0.25, 0.3) is 0 Å². The van der Waals surface area contributed by atoms with Gasteiger partial charge >= 0.3 is 24.3 Å². The maximum atomic E-state index is 13.0. The lowest BCUT2D eigenvalue weighted by Gasteiger charge is -2.54. The van der Waals surface area contributed by atoms with Crippen LogP contribution in [0.5, 0.6) is 0 Å². The highest BCUT2D eigenvalue weighted by atomic mass is 19.4. The summed E-state index contributed by atoms with van der Waals surface area (Å²) in [5.41, 5.74) is 1.80. The molecule has 0 aromatic carbocycles. The second-order valence-corrected chi connectivity index (χ2v) is 9.13. The number of nitrogens with zero attached hydrogens (tertiary/aromatic N) is 5. The van der Waals surface area contributed by atoms with Gasteiger partial charge in [0.1, 0.15) is 0 Å². The molecule has 39 heavy (non-hydrogen) atoms. The SMILES string of the molecule is CN(Cc1ccncc1)C1CC2(CCN(c3ncc(F)cn3)CC2)C1.O=C(O)C(F)(F)F.O=C(O)C(F)(F)F. The second-order valence-electron chi connectivity index (χ2n) is 9.13. The Labute approximate surface area is 218 Å². The molecule has 2 aromatic rings. The molecule has 1 saturated heterocycles. The quantitative estimate of drug-likeness (QED) is 0.523. The van der Waals surface area contributed by atoms with E-state index < -0.39 is 24.3 Å². The molecular formula is C23H26F7N5O4. The minimum absolute atomic E-state index is 0.378. The van der Waals surface area contributed by atoms with E-state index in [4.69, 9.17) is 19.8 Å². The fourth-order valence-corrected chi connectivity index (χ4v) is 4.21. The summed E-state index contributed by atoms with van der Waals surface area (Å²) in [4.78, 5) is 34.7. The van der Waals surface area contributed by atoms with Crippen molar-refractivity contribution in [2.45, 2.75) is 50.6 Å². The van der Waals surface area contributed by atoms with Crippen molar-refractivity contribution in [2.75, 3.05) is 25.0 Å². The van der Waals surface area contributed by atoms with Crippen molar-refractivity contribution in [3.8, 4) is 0 Å². The van der Waals surface area contributed by atoms with Gasteiger partial charge in [0.2, 0.25) is 5.95 Å². The molecule has 0 radical (unpaired) electrons. The van der Waals surface area contributed by atoms with Gasteiger partial charge < -0.3 is 15.1 Å². The molecule has 2 aromatic heterocycles. The third kappa shape index (κ3) is 9.92. The fourth-order valence-electron chi connectivity index (χ4n) is 4.21. The zero-order chi connectivity index (χ0) is 29.4. The third-order valence-electron chi connectivity index (χ3n) is 6.34. The standard InChI is InChI=1S/C19H24FN5.2C2HF3O2/c1-24(14-15-2-6-21-7-3-15)17-10-19(11-17)4-8-25(9-5-19)18-22-12-16(20)13-23-18;2*3-2(4,5)1(6)7/h2-3,6-7,12-13,17H,4-5,8-11,14H2,1H3;2*(H,6,7). The second kappa shape index (κ2) is 13.0. The molecular weight excluding hydrogens is 543 g/mol. The van der Waals surface area contributed by atoms with Crippen molar-refractivity contribution in [2.24, 2.45) is 5.41 Å². The Balaban J connectivity index is 0.000000317. The van der Waals surface area contributed by atoms with E-state index >= 15 is 0 Å². The molecule has 1 aliphatic carbocycles. The molecule has 2 fully saturated rings. The Morgan fingerprint density at radius 1 is 0.974 bits per heavy atom. The Hall–Kier alpha value is -3.56. The highest BCUT2D eigenvalue weighted by Crippen LogP contribution is 2.51. The van der Waals surface area contributed by atoms with Crippen LogP contribution in [0.3, 0.4) is 0 Å². The van der Waals surface area contributed by atoms with Crippen molar-refractivity contribution in [1.29, 1.82) is 0 Å². The monoisotopic (exact) mass is 569 g/mol. The van der Waals surface area contributed by atoms with Crippen molar-refractivity contribution in [3.63, 3.8) is 0 Å². The van der Waals surface area contributed by atoms with Crippen LogP contribution in [0.1, 0.15) is 31.2 Å². The van der Waals surface area contributed by atoms with Crippen LogP contribution in [-0.4, -0.2) is 80.5 Å². The number of carboxylic acids is 2. The van der Waals surface area contributed by atoms with Gasteiger partial charge in [-0.1, -0.05) is 0 Å². The molecule has 0 bridgehead atoms. The Bertz CT molecular complexity index is 1050.